The Kier molecular flexibility index (Phi) is 4.17. The van der Waals surface area contributed by atoms with Gasteiger partial charge >= 0.3 is 5.97 Å². The molecule has 21 heavy (non-hydrogen) atoms. The molecule has 0 aliphatic carbocycles. The van der Waals surface area contributed by atoms with E-state index in [1.54, 1.807) is 25.1 Å². The molecule has 114 valence electrons. The molecule has 0 fully saturated rings. The molecule has 1 aliphatic rings. The van der Waals surface area contributed by atoms with Crippen molar-refractivity contribution in [3.8, 4) is 0 Å². The number of carboxylic acid groups (broad SMARTS) is 1. The van der Waals surface area contributed by atoms with Crippen molar-refractivity contribution in [1.82, 2.24) is 4.72 Å². The van der Waals surface area contributed by atoms with Gasteiger partial charge in [0, 0.05) is 0 Å². The second-order valence-corrected chi connectivity index (χ2v) is 6.50. The first-order chi connectivity index (χ1) is 9.83. The number of benzene rings is 1. The highest BCUT2D eigenvalue weighted by Crippen LogP contribution is 2.25. The van der Waals surface area contributed by atoms with Gasteiger partial charge in [-0.15, -0.1) is 0 Å². The minimum atomic E-state index is -3.74. The normalized spacial score (nSPS) is 19.2. The Bertz CT molecular complexity index is 697. The van der Waals surface area contributed by atoms with Crippen molar-refractivity contribution in [2.24, 2.45) is 4.99 Å². The fraction of sp³-hybridized carbons (Fsp3) is 0.385. The number of sulfonamides is 1. The number of carboxylic acids is 1. The van der Waals surface area contributed by atoms with Crippen molar-refractivity contribution in [2.75, 3.05) is 5.32 Å². The second-order valence-electron chi connectivity index (χ2n) is 4.85. The number of fused-ring (bicyclic) bond motifs is 1. The van der Waals surface area contributed by atoms with Gasteiger partial charge < -0.3 is 10.4 Å². The zero-order valence-corrected chi connectivity index (χ0v) is 12.6. The van der Waals surface area contributed by atoms with Gasteiger partial charge in [0.15, 0.2) is 6.04 Å². The van der Waals surface area contributed by atoms with Crippen LogP contribution in [0.2, 0.25) is 0 Å². The lowest BCUT2D eigenvalue weighted by Crippen LogP contribution is -2.42. The van der Waals surface area contributed by atoms with Crippen LogP contribution >= 0.6 is 0 Å². The van der Waals surface area contributed by atoms with E-state index in [1.807, 2.05) is 6.92 Å². The molecule has 0 saturated heterocycles. The first-order valence-corrected chi connectivity index (χ1v) is 8.03. The molecule has 1 aromatic carbocycles. The third-order valence-corrected chi connectivity index (χ3v) is 4.42. The molecule has 0 spiro atoms. The number of hydrogen-bond donors (Lipinski definition) is 3. The van der Waals surface area contributed by atoms with E-state index in [9.17, 15) is 13.2 Å². The maximum atomic E-state index is 12.2. The van der Waals surface area contributed by atoms with Crippen LogP contribution in [0.4, 0.5) is 5.69 Å². The van der Waals surface area contributed by atoms with Crippen molar-refractivity contribution >= 4 is 27.6 Å². The minimum absolute atomic E-state index is 0.0628. The Morgan fingerprint density at radius 3 is 2.76 bits per heavy atom. The lowest BCUT2D eigenvalue weighted by molar-refractivity contribution is -0.138. The molecule has 1 aromatic rings. The van der Waals surface area contributed by atoms with Gasteiger partial charge in [-0.2, -0.15) is 0 Å². The molecule has 0 amide bonds. The molecule has 1 atom stereocenters. The number of guanidine groups is 1. The monoisotopic (exact) mass is 311 g/mol. The van der Waals surface area contributed by atoms with Gasteiger partial charge in [0.05, 0.1) is 5.69 Å². The first kappa shape index (κ1) is 15.3. The quantitative estimate of drug-likeness (QED) is 0.777. The summed E-state index contributed by atoms with van der Waals surface area (Å²) in [5.41, 5.74) is 1.20. The summed E-state index contributed by atoms with van der Waals surface area (Å²) in [7, 11) is -3.74. The fourth-order valence-electron chi connectivity index (χ4n) is 2.02. The molecule has 0 radical (unpaired) electrons. The highest BCUT2D eigenvalue weighted by molar-refractivity contribution is 7.90. The molecule has 2 rings (SSSR count). The Morgan fingerprint density at radius 2 is 2.14 bits per heavy atom. The van der Waals surface area contributed by atoms with Crippen LogP contribution < -0.4 is 10.0 Å². The Morgan fingerprint density at radius 1 is 1.43 bits per heavy atom. The van der Waals surface area contributed by atoms with Crippen LogP contribution in [0.1, 0.15) is 25.3 Å². The SMILES string of the molecule is CCCC(N=C1Nc2ccc(C)cc2S(=O)(=O)N1)C(=O)O. The van der Waals surface area contributed by atoms with E-state index in [0.717, 1.165) is 5.56 Å². The highest BCUT2D eigenvalue weighted by atomic mass is 32.2. The zero-order chi connectivity index (χ0) is 15.6. The molecule has 7 nitrogen and oxygen atoms in total. The number of aliphatic imine (C=N–C) groups is 1. The van der Waals surface area contributed by atoms with Gasteiger partial charge in [0.2, 0.25) is 5.96 Å². The van der Waals surface area contributed by atoms with E-state index in [1.165, 1.54) is 0 Å². The molecular formula is C13H17N3O4S. The van der Waals surface area contributed by atoms with Crippen LogP contribution in [0.3, 0.4) is 0 Å². The van der Waals surface area contributed by atoms with Crippen LogP contribution in [0.15, 0.2) is 28.1 Å². The number of nitrogens with one attached hydrogen (secondary N) is 2. The Labute approximate surface area is 123 Å². The third kappa shape index (κ3) is 3.33. The number of rotatable bonds is 4. The highest BCUT2D eigenvalue weighted by Gasteiger charge is 2.28. The summed E-state index contributed by atoms with van der Waals surface area (Å²) in [6, 6.07) is 3.97. The van der Waals surface area contributed by atoms with Crippen LogP contribution in [0, 0.1) is 6.92 Å². The number of aryl methyl sites for hydroxylation is 1. The van der Waals surface area contributed by atoms with E-state index in [2.05, 4.69) is 15.0 Å². The summed E-state index contributed by atoms with van der Waals surface area (Å²) in [6.07, 6.45) is 0.972. The summed E-state index contributed by atoms with van der Waals surface area (Å²) in [6.45, 7) is 3.63. The van der Waals surface area contributed by atoms with Crippen molar-refractivity contribution in [1.29, 1.82) is 0 Å². The Balaban J connectivity index is 2.39. The van der Waals surface area contributed by atoms with E-state index >= 15 is 0 Å². The molecule has 0 aromatic heterocycles. The van der Waals surface area contributed by atoms with Gasteiger partial charge in [0.1, 0.15) is 4.90 Å². The lowest BCUT2D eigenvalue weighted by atomic mass is 10.2. The molecule has 1 heterocycles. The molecule has 1 aliphatic heterocycles. The third-order valence-electron chi connectivity index (χ3n) is 3.04. The van der Waals surface area contributed by atoms with E-state index < -0.39 is 22.0 Å². The summed E-state index contributed by atoms with van der Waals surface area (Å²) in [5.74, 6) is -1.15. The molecule has 0 saturated carbocycles. The Hall–Kier alpha value is -2.09. The van der Waals surface area contributed by atoms with Gasteiger partial charge in [0.25, 0.3) is 10.0 Å². The molecule has 3 N–H and O–H groups in total. The van der Waals surface area contributed by atoms with Gasteiger partial charge in [-0.1, -0.05) is 19.4 Å². The maximum absolute atomic E-state index is 12.2. The van der Waals surface area contributed by atoms with Crippen LogP contribution in [-0.4, -0.2) is 31.5 Å². The zero-order valence-electron chi connectivity index (χ0n) is 11.8. The van der Waals surface area contributed by atoms with Gasteiger partial charge in [-0.05, 0) is 31.0 Å². The minimum Gasteiger partial charge on any atom is -0.480 e. The van der Waals surface area contributed by atoms with E-state index in [0.29, 0.717) is 18.5 Å². The molecule has 0 bridgehead atoms. The predicted octanol–water partition coefficient (Wildman–Crippen LogP) is 1.31. The number of anilines is 1. The van der Waals surface area contributed by atoms with Crippen molar-refractivity contribution in [3.63, 3.8) is 0 Å². The van der Waals surface area contributed by atoms with Crippen molar-refractivity contribution < 1.29 is 18.3 Å². The van der Waals surface area contributed by atoms with E-state index in [-0.39, 0.29) is 10.9 Å². The first-order valence-electron chi connectivity index (χ1n) is 6.54. The predicted molar refractivity (Wildman–Crippen MR) is 78.9 cm³/mol. The number of carbonyl (C=O) groups is 1. The average Bonchev–Trinajstić information content (AvgIpc) is 2.38. The molecule has 1 unspecified atom stereocenters. The van der Waals surface area contributed by atoms with Crippen LogP contribution in [0.25, 0.3) is 0 Å². The van der Waals surface area contributed by atoms with E-state index in [4.69, 9.17) is 5.11 Å². The van der Waals surface area contributed by atoms with Crippen molar-refractivity contribution in [2.45, 2.75) is 37.6 Å². The van der Waals surface area contributed by atoms with Crippen molar-refractivity contribution in [3.05, 3.63) is 23.8 Å². The largest absolute Gasteiger partial charge is 0.480 e. The van der Waals surface area contributed by atoms with Gasteiger partial charge in [-0.25, -0.2) is 22.9 Å². The number of aliphatic carboxylic acids is 1. The van der Waals surface area contributed by atoms with Crippen LogP contribution in [-0.2, 0) is 14.8 Å². The average molecular weight is 311 g/mol. The maximum Gasteiger partial charge on any atom is 0.328 e. The molecular weight excluding hydrogens is 294 g/mol. The second kappa shape index (κ2) is 5.72. The summed E-state index contributed by atoms with van der Waals surface area (Å²) in [5, 5.41) is 11.9. The molecule has 8 heteroatoms. The summed E-state index contributed by atoms with van der Waals surface area (Å²) < 4.78 is 26.6. The number of hydrogen-bond acceptors (Lipinski definition) is 4. The summed E-state index contributed by atoms with van der Waals surface area (Å²) in [4.78, 5) is 15.2. The number of nitrogens with zero attached hydrogens (tertiary/aromatic N) is 1. The lowest BCUT2D eigenvalue weighted by Gasteiger charge is -2.22. The smallest absolute Gasteiger partial charge is 0.328 e. The standard InChI is InChI=1S/C13H17N3O4S/c1-3-4-10(12(17)18)15-13-14-9-6-5-8(2)7-11(9)21(19,20)16-13/h5-7,10H,3-4H2,1-2H3,(H,17,18)(H2,14,15,16). The fourth-order valence-corrected chi connectivity index (χ4v) is 3.24. The van der Waals surface area contributed by atoms with Gasteiger partial charge in [-0.3, -0.25) is 0 Å². The van der Waals surface area contributed by atoms with Crippen LogP contribution in [0.5, 0.6) is 0 Å². The summed E-state index contributed by atoms with van der Waals surface area (Å²) >= 11 is 0. The topological polar surface area (TPSA) is 108 Å².